The number of hydrogen-bond acceptors (Lipinski definition) is 6. The lowest BCUT2D eigenvalue weighted by molar-refractivity contribution is 0.245. The van der Waals surface area contributed by atoms with Gasteiger partial charge in [-0.3, -0.25) is 0 Å². The fourth-order valence-corrected chi connectivity index (χ4v) is 5.94. The van der Waals surface area contributed by atoms with Gasteiger partial charge in [-0.1, -0.05) is 18.2 Å². The molecule has 1 aliphatic rings. The molecule has 1 saturated heterocycles. The number of sulfonamides is 1. The van der Waals surface area contributed by atoms with Gasteiger partial charge in [0.25, 0.3) is 0 Å². The monoisotopic (exact) mass is 438 g/mol. The molecule has 5 rings (SSSR count). The molecule has 0 spiro atoms. The van der Waals surface area contributed by atoms with Crippen molar-refractivity contribution >= 4 is 31.8 Å². The second-order valence-corrected chi connectivity index (χ2v) is 9.86. The van der Waals surface area contributed by atoms with Gasteiger partial charge < -0.3 is 14.8 Å². The van der Waals surface area contributed by atoms with Crippen molar-refractivity contribution in [2.45, 2.75) is 24.3 Å². The van der Waals surface area contributed by atoms with Crippen LogP contribution in [0.5, 0.6) is 11.5 Å². The van der Waals surface area contributed by atoms with E-state index in [0.717, 1.165) is 12.8 Å². The van der Waals surface area contributed by atoms with E-state index in [9.17, 15) is 18.6 Å². The van der Waals surface area contributed by atoms with Gasteiger partial charge in [0.05, 0.1) is 4.90 Å². The Hall–Kier alpha value is -3.17. The van der Waals surface area contributed by atoms with Crippen LogP contribution in [0.2, 0.25) is 0 Å². The van der Waals surface area contributed by atoms with Crippen LogP contribution in [0.15, 0.2) is 60.0 Å². The molecular formula is C22H22N4O4S. The van der Waals surface area contributed by atoms with Gasteiger partial charge in [0.2, 0.25) is 10.0 Å². The smallest absolute Gasteiger partial charge is 0.243 e. The topological polar surface area (TPSA) is 109 Å². The number of phenols is 2. The van der Waals surface area contributed by atoms with Crippen molar-refractivity contribution in [1.82, 2.24) is 18.8 Å². The summed E-state index contributed by atoms with van der Waals surface area (Å²) in [7, 11) is -3.52. The highest BCUT2D eigenvalue weighted by Crippen LogP contribution is 2.40. The normalized spacial score (nSPS) is 18.0. The number of phenolic OH excluding ortho intramolecular Hbond substituents is 2. The zero-order chi connectivity index (χ0) is 21.6. The number of benzene rings is 2. The third kappa shape index (κ3) is 3.39. The third-order valence-corrected chi connectivity index (χ3v) is 7.75. The van der Waals surface area contributed by atoms with E-state index >= 15 is 0 Å². The van der Waals surface area contributed by atoms with E-state index in [1.165, 1.54) is 12.4 Å². The molecule has 4 aromatic rings. The fourth-order valence-electron chi connectivity index (χ4n) is 4.36. The lowest BCUT2D eigenvalue weighted by Gasteiger charge is -2.32. The van der Waals surface area contributed by atoms with Crippen molar-refractivity contribution < 1.29 is 18.6 Å². The van der Waals surface area contributed by atoms with Gasteiger partial charge >= 0.3 is 0 Å². The molecular weight excluding hydrogens is 416 g/mol. The van der Waals surface area contributed by atoms with Crippen LogP contribution in [0.1, 0.15) is 12.8 Å². The Morgan fingerprint density at radius 1 is 0.968 bits per heavy atom. The molecule has 2 aromatic heterocycles. The largest absolute Gasteiger partial charge is 0.505 e. The van der Waals surface area contributed by atoms with Crippen LogP contribution >= 0.6 is 0 Å². The number of aromatic hydroxyl groups is 2. The van der Waals surface area contributed by atoms with Crippen molar-refractivity contribution in [2.24, 2.45) is 5.92 Å². The first-order valence-electron chi connectivity index (χ1n) is 10.1. The Morgan fingerprint density at radius 2 is 1.58 bits per heavy atom. The molecule has 2 N–H and O–H groups in total. The number of rotatable bonds is 4. The molecule has 31 heavy (non-hydrogen) atoms. The maximum Gasteiger partial charge on any atom is 0.243 e. The highest BCUT2D eigenvalue weighted by Gasteiger charge is 2.30. The minimum absolute atomic E-state index is 0.0217. The van der Waals surface area contributed by atoms with Crippen LogP contribution in [0.4, 0.5) is 0 Å². The molecule has 160 valence electrons. The van der Waals surface area contributed by atoms with E-state index in [-0.39, 0.29) is 28.5 Å². The Morgan fingerprint density at radius 3 is 2.19 bits per heavy atom. The summed E-state index contributed by atoms with van der Waals surface area (Å²) in [4.78, 5) is 8.56. The average molecular weight is 439 g/mol. The summed E-state index contributed by atoms with van der Waals surface area (Å²) in [6.45, 7) is 1.51. The van der Waals surface area contributed by atoms with Gasteiger partial charge in [0, 0.05) is 55.2 Å². The van der Waals surface area contributed by atoms with Crippen LogP contribution in [0.3, 0.4) is 0 Å². The van der Waals surface area contributed by atoms with Gasteiger partial charge in [-0.15, -0.1) is 0 Å². The highest BCUT2D eigenvalue weighted by atomic mass is 32.2. The molecule has 0 radical (unpaired) electrons. The van der Waals surface area contributed by atoms with Crippen molar-refractivity contribution in [3.8, 4) is 11.5 Å². The number of aromatic nitrogens is 3. The van der Waals surface area contributed by atoms with Gasteiger partial charge in [-0.2, -0.15) is 4.31 Å². The predicted octanol–water partition coefficient (Wildman–Crippen LogP) is 3.10. The summed E-state index contributed by atoms with van der Waals surface area (Å²) in [5.41, 5.74) is 0.506. The molecule has 0 aliphatic carbocycles. The van der Waals surface area contributed by atoms with E-state index in [0.29, 0.717) is 35.3 Å². The first kappa shape index (κ1) is 19.8. The second kappa shape index (κ2) is 7.51. The molecule has 0 bridgehead atoms. The quantitative estimate of drug-likeness (QED) is 0.474. The highest BCUT2D eigenvalue weighted by molar-refractivity contribution is 7.89. The Bertz CT molecular complexity index is 1310. The minimum Gasteiger partial charge on any atom is -0.505 e. The van der Waals surface area contributed by atoms with E-state index < -0.39 is 10.0 Å². The van der Waals surface area contributed by atoms with Crippen molar-refractivity contribution in [2.75, 3.05) is 13.1 Å². The summed E-state index contributed by atoms with van der Waals surface area (Å²) in [5.74, 6) is 0.0714. The van der Waals surface area contributed by atoms with Gasteiger partial charge in [-0.05, 0) is 30.9 Å². The molecule has 8 nitrogen and oxygen atoms in total. The number of piperidine rings is 1. The molecule has 0 amide bonds. The molecule has 2 aromatic carbocycles. The zero-order valence-electron chi connectivity index (χ0n) is 16.7. The predicted molar refractivity (Wildman–Crippen MR) is 116 cm³/mol. The van der Waals surface area contributed by atoms with Gasteiger partial charge in [0.15, 0.2) is 11.5 Å². The lowest BCUT2D eigenvalue weighted by atomic mass is 10.00. The van der Waals surface area contributed by atoms with E-state index in [1.54, 1.807) is 47.0 Å². The first-order valence-corrected chi connectivity index (χ1v) is 11.6. The standard InChI is InChI=1S/C22H22N4O4S/c27-21-17-13-25(14-18(17)22(28)20-19(21)23-8-9-24-20)11-15-5-4-10-26(12-15)31(29,30)16-6-2-1-3-7-16/h1-3,6-9,13-15,27-28H,4-5,10-12H2. The number of hydrogen-bond donors (Lipinski definition) is 2. The zero-order valence-corrected chi connectivity index (χ0v) is 17.5. The van der Waals surface area contributed by atoms with Crippen LogP contribution in [0, 0.1) is 5.92 Å². The van der Waals surface area contributed by atoms with E-state index in [2.05, 4.69) is 9.97 Å². The van der Waals surface area contributed by atoms with Crippen LogP contribution < -0.4 is 0 Å². The summed E-state index contributed by atoms with van der Waals surface area (Å²) in [6.07, 6.45) is 8.15. The fraction of sp³-hybridized carbons (Fsp3) is 0.273. The summed E-state index contributed by atoms with van der Waals surface area (Å²) < 4.78 is 29.4. The molecule has 1 atom stereocenters. The average Bonchev–Trinajstić information content (AvgIpc) is 3.22. The third-order valence-electron chi connectivity index (χ3n) is 5.87. The maximum absolute atomic E-state index is 13.0. The van der Waals surface area contributed by atoms with Crippen LogP contribution in [-0.4, -0.2) is 50.6 Å². The SMILES string of the molecule is O=S(=O)(c1ccccc1)N1CCCC(Cn2cc3c(O)c4nccnc4c(O)c3c2)C1. The van der Waals surface area contributed by atoms with E-state index in [1.807, 2.05) is 4.57 Å². The Labute approximate surface area is 179 Å². The summed E-state index contributed by atoms with van der Waals surface area (Å²) in [5, 5.41) is 22.2. The van der Waals surface area contributed by atoms with Crippen LogP contribution in [0.25, 0.3) is 21.8 Å². The molecule has 1 fully saturated rings. The van der Waals surface area contributed by atoms with Crippen LogP contribution in [-0.2, 0) is 16.6 Å². The number of nitrogens with zero attached hydrogens (tertiary/aromatic N) is 4. The van der Waals surface area contributed by atoms with Crippen molar-refractivity contribution in [3.05, 3.63) is 55.1 Å². The van der Waals surface area contributed by atoms with Crippen molar-refractivity contribution in [1.29, 1.82) is 0 Å². The molecule has 1 unspecified atom stereocenters. The summed E-state index contributed by atoms with van der Waals surface area (Å²) >= 11 is 0. The molecule has 9 heteroatoms. The van der Waals surface area contributed by atoms with Gasteiger partial charge in [-0.25, -0.2) is 18.4 Å². The van der Waals surface area contributed by atoms with E-state index in [4.69, 9.17) is 0 Å². The lowest BCUT2D eigenvalue weighted by Crippen LogP contribution is -2.40. The number of fused-ring (bicyclic) bond motifs is 2. The Kier molecular flexibility index (Phi) is 4.79. The minimum atomic E-state index is -3.52. The first-order chi connectivity index (χ1) is 14.9. The molecule has 0 saturated carbocycles. The second-order valence-electron chi connectivity index (χ2n) is 7.92. The Balaban J connectivity index is 1.43. The maximum atomic E-state index is 13.0. The molecule has 1 aliphatic heterocycles. The van der Waals surface area contributed by atoms with Gasteiger partial charge in [0.1, 0.15) is 11.0 Å². The molecule has 3 heterocycles. The van der Waals surface area contributed by atoms with Crippen molar-refractivity contribution in [3.63, 3.8) is 0 Å². The summed E-state index contributed by atoms with van der Waals surface area (Å²) in [6, 6.07) is 8.50.